The molecule has 4 heterocycles. The highest BCUT2D eigenvalue weighted by molar-refractivity contribution is 6.04. The van der Waals surface area contributed by atoms with Gasteiger partial charge in [-0.1, -0.05) is 12.1 Å². The summed E-state index contributed by atoms with van der Waals surface area (Å²) >= 11 is 0. The molecule has 1 amide bonds. The van der Waals surface area contributed by atoms with Gasteiger partial charge >= 0.3 is 0 Å². The van der Waals surface area contributed by atoms with Crippen LogP contribution in [0.1, 0.15) is 14.5 Å². The predicted molar refractivity (Wildman–Crippen MR) is 119 cm³/mol. The number of nitrogens with one attached hydrogen (secondary N) is 2. The van der Waals surface area contributed by atoms with Gasteiger partial charge in [-0.3, -0.25) is 15.2 Å². The number of rotatable bonds is 4. The number of anilines is 2. The molecule has 4 aromatic rings. The van der Waals surface area contributed by atoms with Crippen LogP contribution in [0.4, 0.5) is 11.8 Å². The zero-order chi connectivity index (χ0) is 23.7. The second kappa shape index (κ2) is 8.11. The van der Waals surface area contributed by atoms with E-state index in [1.165, 1.54) is 4.90 Å². The molecule has 31 heavy (non-hydrogen) atoms. The first-order valence-electron chi connectivity index (χ1n) is 11.4. The number of hydrogen-bond donors (Lipinski definition) is 2. The van der Waals surface area contributed by atoms with E-state index in [9.17, 15) is 4.79 Å². The molecule has 0 spiro atoms. The summed E-state index contributed by atoms with van der Waals surface area (Å²) in [5.74, 6) is 0.476. The number of carbonyl (C=O) groups is 1. The third-order valence-electron chi connectivity index (χ3n) is 5.25. The molecule has 3 aromatic heterocycles. The number of carbonyl (C=O) groups excluding carboxylic acids is 1. The Morgan fingerprint density at radius 2 is 2.00 bits per heavy atom. The Kier molecular flexibility index (Phi) is 4.17. The van der Waals surface area contributed by atoms with Crippen LogP contribution >= 0.6 is 0 Å². The van der Waals surface area contributed by atoms with Gasteiger partial charge in [-0.25, -0.2) is 15.0 Å². The lowest BCUT2D eigenvalue weighted by Crippen LogP contribution is -2.44. The van der Waals surface area contributed by atoms with Gasteiger partial charge in [0.1, 0.15) is 5.82 Å². The van der Waals surface area contributed by atoms with E-state index in [1.54, 1.807) is 36.9 Å². The number of nitrogens with zero attached hydrogens (tertiary/aromatic N) is 6. The monoisotopic (exact) mass is 417 g/mol. The molecule has 0 aliphatic carbocycles. The van der Waals surface area contributed by atoms with Crippen LogP contribution in [0.15, 0.2) is 55.1 Å². The molecule has 0 unspecified atom stereocenters. The van der Waals surface area contributed by atoms with Crippen LogP contribution in [-0.2, 0) is 0 Å². The number of aromatic amines is 1. The van der Waals surface area contributed by atoms with E-state index in [-0.39, 0.29) is 11.9 Å². The average Bonchev–Trinajstić information content (AvgIpc) is 3.38. The molecule has 2 N–H and O–H groups in total. The van der Waals surface area contributed by atoms with Crippen molar-refractivity contribution in [1.82, 2.24) is 30.0 Å². The quantitative estimate of drug-likeness (QED) is 0.526. The van der Waals surface area contributed by atoms with Crippen molar-refractivity contribution < 1.29 is 8.91 Å². The first-order valence-corrected chi connectivity index (χ1v) is 9.90. The maximum absolute atomic E-state index is 12.9. The van der Waals surface area contributed by atoms with Crippen LogP contribution in [0.25, 0.3) is 22.0 Å². The summed E-state index contributed by atoms with van der Waals surface area (Å²) in [5.41, 5.74) is 3.01. The summed E-state index contributed by atoms with van der Waals surface area (Å²) in [5, 5.41) is 10.4. The van der Waals surface area contributed by atoms with Crippen LogP contribution in [0.5, 0.6) is 0 Å². The van der Waals surface area contributed by atoms with E-state index in [0.717, 1.165) is 16.5 Å². The third-order valence-corrected chi connectivity index (χ3v) is 5.25. The molecule has 1 fully saturated rings. The van der Waals surface area contributed by atoms with Gasteiger partial charge in [-0.05, 0) is 30.7 Å². The van der Waals surface area contributed by atoms with E-state index in [2.05, 4.69) is 30.5 Å². The van der Waals surface area contributed by atoms with Crippen molar-refractivity contribution in [3.8, 4) is 11.1 Å². The van der Waals surface area contributed by atoms with Crippen LogP contribution in [0, 0.1) is 0 Å². The van der Waals surface area contributed by atoms with E-state index in [0.29, 0.717) is 43.1 Å². The molecular formula is C22H22N8O. The maximum Gasteiger partial charge on any atom is 0.258 e. The van der Waals surface area contributed by atoms with Crippen molar-refractivity contribution >= 4 is 28.6 Å². The number of pyridine rings is 1. The van der Waals surface area contributed by atoms with Crippen LogP contribution in [0.3, 0.4) is 0 Å². The molecule has 156 valence electrons. The van der Waals surface area contributed by atoms with Gasteiger partial charge in [-0.2, -0.15) is 5.10 Å². The maximum atomic E-state index is 12.9. The molecule has 0 radical (unpaired) electrons. The SMILES string of the molecule is [2H]C([2H])([2H])N1CCN(c2cc(C(=O)Nc3ncc4ccc(-c5cn[nH]c5)cc4n3)ccn2)CC1. The largest absolute Gasteiger partial charge is 0.354 e. The van der Waals surface area contributed by atoms with Gasteiger partial charge in [0, 0.05) is 65.4 Å². The van der Waals surface area contributed by atoms with Crippen LogP contribution in [-0.4, -0.2) is 69.1 Å². The molecule has 1 saturated heterocycles. The highest BCUT2D eigenvalue weighted by atomic mass is 16.1. The number of aromatic nitrogens is 5. The zero-order valence-electron chi connectivity index (χ0n) is 19.6. The van der Waals surface area contributed by atoms with E-state index in [1.807, 2.05) is 23.1 Å². The van der Waals surface area contributed by atoms with Gasteiger partial charge in [0.15, 0.2) is 0 Å². The molecule has 1 aromatic carbocycles. The van der Waals surface area contributed by atoms with Gasteiger partial charge < -0.3 is 9.80 Å². The smallest absolute Gasteiger partial charge is 0.258 e. The van der Waals surface area contributed by atoms with Gasteiger partial charge in [-0.15, -0.1) is 0 Å². The lowest BCUT2D eigenvalue weighted by molar-refractivity contribution is 0.102. The molecule has 0 atom stereocenters. The minimum Gasteiger partial charge on any atom is -0.354 e. The van der Waals surface area contributed by atoms with Gasteiger partial charge in [0.25, 0.3) is 5.91 Å². The Hall–Kier alpha value is -3.85. The van der Waals surface area contributed by atoms with Gasteiger partial charge in [0.2, 0.25) is 5.95 Å². The van der Waals surface area contributed by atoms with E-state index >= 15 is 0 Å². The summed E-state index contributed by atoms with van der Waals surface area (Å²) in [6.45, 7) is -0.256. The Balaban J connectivity index is 1.31. The normalized spacial score (nSPS) is 16.5. The van der Waals surface area contributed by atoms with Crippen molar-refractivity contribution in [2.45, 2.75) is 0 Å². The number of amides is 1. The van der Waals surface area contributed by atoms with Crippen molar-refractivity contribution in [1.29, 1.82) is 0 Å². The van der Waals surface area contributed by atoms with Crippen molar-refractivity contribution in [3.05, 3.63) is 60.7 Å². The lowest BCUT2D eigenvalue weighted by atomic mass is 10.1. The van der Waals surface area contributed by atoms with Crippen molar-refractivity contribution in [2.24, 2.45) is 0 Å². The Bertz CT molecular complexity index is 1320. The Labute approximate surface area is 183 Å². The van der Waals surface area contributed by atoms with Crippen LogP contribution < -0.4 is 10.2 Å². The number of piperazine rings is 1. The van der Waals surface area contributed by atoms with Crippen molar-refractivity contribution in [2.75, 3.05) is 43.4 Å². The van der Waals surface area contributed by atoms with Gasteiger partial charge in [0.05, 0.1) is 11.7 Å². The summed E-state index contributed by atoms with van der Waals surface area (Å²) in [4.78, 5) is 29.5. The standard InChI is InChI=1S/C22H22N8O/c1-29-6-8-30(9-7-29)20-11-16(4-5-23-20)21(31)28-22-24-12-17-3-2-15(10-19(17)27-22)18-13-25-26-14-18/h2-5,10-14H,6-9H2,1H3,(H,25,26)(H,24,27,28,31)/i1D3. The zero-order valence-corrected chi connectivity index (χ0v) is 16.6. The minimum absolute atomic E-state index is 0.200. The predicted octanol–water partition coefficient (Wildman–Crippen LogP) is 2.42. The topological polar surface area (TPSA) is 103 Å². The molecule has 0 saturated carbocycles. The second-order valence-corrected chi connectivity index (χ2v) is 7.29. The fourth-order valence-corrected chi connectivity index (χ4v) is 3.51. The average molecular weight is 417 g/mol. The van der Waals surface area contributed by atoms with Crippen molar-refractivity contribution in [3.63, 3.8) is 0 Å². The van der Waals surface area contributed by atoms with Crippen LogP contribution in [0.2, 0.25) is 0 Å². The molecule has 5 rings (SSSR count). The first kappa shape index (κ1) is 15.9. The minimum atomic E-state index is -2.10. The fraction of sp³-hybridized carbons (Fsp3) is 0.227. The molecule has 0 bridgehead atoms. The second-order valence-electron chi connectivity index (χ2n) is 7.29. The number of hydrogen-bond acceptors (Lipinski definition) is 7. The lowest BCUT2D eigenvalue weighted by Gasteiger charge is -2.33. The Morgan fingerprint density at radius 1 is 1.10 bits per heavy atom. The highest BCUT2D eigenvalue weighted by Crippen LogP contribution is 2.23. The fourth-order valence-electron chi connectivity index (χ4n) is 3.51. The first-order chi connectivity index (χ1) is 16.4. The number of fused-ring (bicyclic) bond motifs is 1. The van der Waals surface area contributed by atoms with E-state index < -0.39 is 6.98 Å². The number of H-pyrrole nitrogens is 1. The van der Waals surface area contributed by atoms with E-state index in [4.69, 9.17) is 4.11 Å². The molecule has 1 aliphatic heterocycles. The summed E-state index contributed by atoms with van der Waals surface area (Å²) in [6.07, 6.45) is 6.77. The third kappa shape index (κ3) is 4.08. The summed E-state index contributed by atoms with van der Waals surface area (Å²) in [7, 11) is 0. The molecule has 9 heteroatoms. The summed E-state index contributed by atoms with van der Waals surface area (Å²) < 4.78 is 22.6. The number of benzene rings is 1. The Morgan fingerprint density at radius 3 is 2.81 bits per heavy atom. The molecule has 1 aliphatic rings. The highest BCUT2D eigenvalue weighted by Gasteiger charge is 2.17. The molecule has 9 nitrogen and oxygen atoms in total. The summed E-state index contributed by atoms with van der Waals surface area (Å²) in [6, 6.07) is 9.12. The molecular weight excluding hydrogens is 392 g/mol. The number of likely N-dealkylation sites (N-methyl/N-ethyl adjacent to an activating group) is 1.